The van der Waals surface area contributed by atoms with Crippen molar-refractivity contribution in [1.82, 2.24) is 29.2 Å². The van der Waals surface area contributed by atoms with Crippen LogP contribution in [0, 0.1) is 0 Å². The van der Waals surface area contributed by atoms with Crippen molar-refractivity contribution in [2.45, 2.75) is 38.8 Å². The molecule has 0 unspecified atom stereocenters. The molecule has 1 amide bonds. The van der Waals surface area contributed by atoms with Gasteiger partial charge in [0.1, 0.15) is 11.5 Å². The van der Waals surface area contributed by atoms with Gasteiger partial charge in [0.05, 0.1) is 6.54 Å². The Kier molecular flexibility index (Phi) is 4.51. The average molecular weight is 350 g/mol. The monoisotopic (exact) mass is 350 g/mol. The average Bonchev–Trinajstić information content (AvgIpc) is 3.27. The molecule has 7 nitrogen and oxygen atoms in total. The van der Waals surface area contributed by atoms with Gasteiger partial charge in [-0.15, -0.1) is 10.2 Å². The highest BCUT2D eigenvalue weighted by Crippen LogP contribution is 2.16. The third kappa shape index (κ3) is 3.24. The lowest BCUT2D eigenvalue weighted by atomic mass is 10.2. The van der Waals surface area contributed by atoms with Gasteiger partial charge < -0.3 is 14.0 Å². The highest BCUT2D eigenvalue weighted by Gasteiger charge is 2.19. The standard InChI is InChI=1S/C19H22N6O/c1-23(14-18-22-21-17-7-3-2-4-12-25(17)18)19(26)16-13-15(8-9-20-16)24-10-5-6-11-24/h5-6,8-11,13H,2-4,7,12,14H2,1H3. The molecular weight excluding hydrogens is 328 g/mol. The van der Waals surface area contributed by atoms with Crippen molar-refractivity contribution >= 4 is 5.91 Å². The van der Waals surface area contributed by atoms with Crippen LogP contribution in [0.25, 0.3) is 5.69 Å². The van der Waals surface area contributed by atoms with Crippen molar-refractivity contribution in [3.63, 3.8) is 0 Å². The van der Waals surface area contributed by atoms with E-state index in [0.29, 0.717) is 12.2 Å². The fraction of sp³-hybridized carbons (Fsp3) is 0.368. The van der Waals surface area contributed by atoms with Crippen molar-refractivity contribution in [3.8, 4) is 5.69 Å². The lowest BCUT2D eigenvalue weighted by Gasteiger charge is -2.17. The maximum atomic E-state index is 12.8. The van der Waals surface area contributed by atoms with Gasteiger partial charge in [-0.3, -0.25) is 9.78 Å². The van der Waals surface area contributed by atoms with Crippen molar-refractivity contribution in [3.05, 3.63) is 60.2 Å². The second-order valence-corrected chi connectivity index (χ2v) is 6.65. The van der Waals surface area contributed by atoms with Gasteiger partial charge in [0.15, 0.2) is 5.82 Å². The van der Waals surface area contributed by atoms with Gasteiger partial charge in [-0.1, -0.05) is 6.42 Å². The van der Waals surface area contributed by atoms with Crippen molar-refractivity contribution in [1.29, 1.82) is 0 Å². The molecule has 0 saturated heterocycles. The van der Waals surface area contributed by atoms with E-state index < -0.39 is 0 Å². The molecule has 26 heavy (non-hydrogen) atoms. The number of amides is 1. The number of pyridine rings is 1. The molecule has 0 aliphatic carbocycles. The zero-order valence-electron chi connectivity index (χ0n) is 14.9. The minimum atomic E-state index is -0.120. The minimum Gasteiger partial charge on any atom is -0.333 e. The number of carbonyl (C=O) groups excluding carboxylic acids is 1. The van der Waals surface area contributed by atoms with Crippen LogP contribution in [0.2, 0.25) is 0 Å². The molecular formula is C19H22N6O. The zero-order valence-corrected chi connectivity index (χ0v) is 14.9. The number of hydrogen-bond donors (Lipinski definition) is 0. The van der Waals surface area contributed by atoms with Crippen LogP contribution in [0.1, 0.15) is 41.4 Å². The summed E-state index contributed by atoms with van der Waals surface area (Å²) in [7, 11) is 1.78. The first-order valence-corrected chi connectivity index (χ1v) is 8.98. The van der Waals surface area contributed by atoms with Gasteiger partial charge in [0, 0.05) is 44.3 Å². The van der Waals surface area contributed by atoms with Gasteiger partial charge in [-0.25, -0.2) is 0 Å². The van der Waals surface area contributed by atoms with E-state index in [4.69, 9.17) is 0 Å². The summed E-state index contributed by atoms with van der Waals surface area (Å²) in [6, 6.07) is 7.59. The number of nitrogens with zero attached hydrogens (tertiary/aromatic N) is 6. The first-order valence-electron chi connectivity index (χ1n) is 8.98. The molecule has 3 aromatic rings. The largest absolute Gasteiger partial charge is 0.333 e. The summed E-state index contributed by atoms with van der Waals surface area (Å²) >= 11 is 0. The summed E-state index contributed by atoms with van der Waals surface area (Å²) in [5.41, 5.74) is 1.34. The van der Waals surface area contributed by atoms with Gasteiger partial charge >= 0.3 is 0 Å². The SMILES string of the molecule is CN(Cc1nnc2n1CCCCC2)C(=O)c1cc(-n2cccc2)ccn1. The second kappa shape index (κ2) is 7.11. The van der Waals surface area contributed by atoms with E-state index in [1.807, 2.05) is 41.2 Å². The van der Waals surface area contributed by atoms with Gasteiger partial charge in [-0.05, 0) is 37.1 Å². The van der Waals surface area contributed by atoms with E-state index in [9.17, 15) is 4.79 Å². The quantitative estimate of drug-likeness (QED) is 0.725. The molecule has 4 heterocycles. The lowest BCUT2D eigenvalue weighted by molar-refractivity contribution is 0.0774. The Labute approximate surface area is 152 Å². The van der Waals surface area contributed by atoms with Crippen molar-refractivity contribution in [2.24, 2.45) is 0 Å². The van der Waals surface area contributed by atoms with Crippen LogP contribution in [0.15, 0.2) is 42.9 Å². The number of fused-ring (bicyclic) bond motifs is 1. The zero-order chi connectivity index (χ0) is 17.9. The van der Waals surface area contributed by atoms with Gasteiger partial charge in [-0.2, -0.15) is 0 Å². The predicted octanol–water partition coefficient (Wildman–Crippen LogP) is 2.46. The normalized spacial score (nSPS) is 13.9. The van der Waals surface area contributed by atoms with Crippen molar-refractivity contribution in [2.75, 3.05) is 7.05 Å². The fourth-order valence-corrected chi connectivity index (χ4v) is 3.35. The summed E-state index contributed by atoms with van der Waals surface area (Å²) in [5, 5.41) is 8.61. The summed E-state index contributed by atoms with van der Waals surface area (Å²) in [5.74, 6) is 1.76. The highest BCUT2D eigenvalue weighted by molar-refractivity contribution is 5.92. The van der Waals surface area contributed by atoms with E-state index in [0.717, 1.165) is 43.1 Å². The number of rotatable bonds is 4. The Balaban J connectivity index is 1.52. The number of aryl methyl sites for hydroxylation is 1. The van der Waals surface area contributed by atoms with Crippen LogP contribution in [-0.4, -0.2) is 42.2 Å². The van der Waals surface area contributed by atoms with Crippen LogP contribution >= 0.6 is 0 Å². The lowest BCUT2D eigenvalue weighted by Crippen LogP contribution is -2.28. The molecule has 0 saturated carbocycles. The maximum absolute atomic E-state index is 12.8. The molecule has 0 N–H and O–H groups in total. The maximum Gasteiger partial charge on any atom is 0.272 e. The number of hydrogen-bond acceptors (Lipinski definition) is 4. The Morgan fingerprint density at radius 2 is 2.04 bits per heavy atom. The second-order valence-electron chi connectivity index (χ2n) is 6.65. The molecule has 134 valence electrons. The smallest absolute Gasteiger partial charge is 0.272 e. The molecule has 0 atom stereocenters. The fourth-order valence-electron chi connectivity index (χ4n) is 3.35. The molecule has 0 aromatic carbocycles. The minimum absolute atomic E-state index is 0.120. The van der Waals surface area contributed by atoms with E-state index in [-0.39, 0.29) is 5.91 Å². The molecule has 0 bridgehead atoms. The summed E-state index contributed by atoms with van der Waals surface area (Å²) in [4.78, 5) is 18.7. The van der Waals surface area contributed by atoms with Gasteiger partial charge in [0.25, 0.3) is 5.91 Å². The third-order valence-electron chi connectivity index (χ3n) is 4.78. The molecule has 1 aliphatic heterocycles. The summed E-state index contributed by atoms with van der Waals surface area (Å²) in [6.45, 7) is 1.36. The predicted molar refractivity (Wildman–Crippen MR) is 96.9 cm³/mol. The molecule has 0 fully saturated rings. The third-order valence-corrected chi connectivity index (χ3v) is 4.78. The molecule has 3 aromatic heterocycles. The van der Waals surface area contributed by atoms with E-state index >= 15 is 0 Å². The topological polar surface area (TPSA) is 68.8 Å². The Bertz CT molecular complexity index is 899. The summed E-state index contributed by atoms with van der Waals surface area (Å²) < 4.78 is 4.12. The highest BCUT2D eigenvalue weighted by atomic mass is 16.2. The Morgan fingerprint density at radius 3 is 2.88 bits per heavy atom. The molecule has 0 radical (unpaired) electrons. The van der Waals surface area contributed by atoms with Gasteiger partial charge in [0.2, 0.25) is 0 Å². The first kappa shape index (κ1) is 16.5. The number of carbonyl (C=O) groups is 1. The number of aromatic nitrogens is 5. The van der Waals surface area contributed by atoms with Crippen LogP contribution in [0.3, 0.4) is 0 Å². The molecule has 7 heteroatoms. The Morgan fingerprint density at radius 1 is 1.19 bits per heavy atom. The van der Waals surface area contributed by atoms with E-state index in [2.05, 4.69) is 19.7 Å². The Hall–Kier alpha value is -2.96. The first-order chi connectivity index (χ1) is 12.7. The van der Waals surface area contributed by atoms with Crippen molar-refractivity contribution < 1.29 is 4.79 Å². The molecule has 0 spiro atoms. The van der Waals surface area contributed by atoms with Crippen LogP contribution in [-0.2, 0) is 19.5 Å². The van der Waals surface area contributed by atoms with Crippen LogP contribution in [0.5, 0.6) is 0 Å². The van der Waals surface area contributed by atoms with Crippen LogP contribution in [0.4, 0.5) is 0 Å². The van der Waals surface area contributed by atoms with E-state index in [1.165, 1.54) is 6.42 Å². The molecule has 1 aliphatic rings. The van der Waals surface area contributed by atoms with Crippen LogP contribution < -0.4 is 0 Å². The summed E-state index contributed by atoms with van der Waals surface area (Å²) in [6.07, 6.45) is 10.0. The molecule has 4 rings (SSSR count). The van der Waals surface area contributed by atoms with E-state index in [1.54, 1.807) is 18.1 Å².